The number of aromatic nitrogens is 1. The summed E-state index contributed by atoms with van der Waals surface area (Å²) in [5, 5.41) is 10.3. The summed E-state index contributed by atoms with van der Waals surface area (Å²) in [6.45, 7) is 2.64. The van der Waals surface area contributed by atoms with E-state index in [9.17, 15) is 4.79 Å². The topological polar surface area (TPSA) is 56.3 Å². The van der Waals surface area contributed by atoms with Crippen molar-refractivity contribution < 1.29 is 9.90 Å². The first kappa shape index (κ1) is 20.6. The van der Waals surface area contributed by atoms with Crippen LogP contribution in [0, 0.1) is 0 Å². The summed E-state index contributed by atoms with van der Waals surface area (Å²) in [6, 6.07) is 25.9. The number of carbonyl (C=O) groups is 1. The summed E-state index contributed by atoms with van der Waals surface area (Å²) in [7, 11) is 0. The Balaban J connectivity index is 1.44. The lowest BCUT2D eigenvalue weighted by molar-refractivity contribution is 0.0697. The summed E-state index contributed by atoms with van der Waals surface area (Å²) in [6.07, 6.45) is 7.28. The van der Waals surface area contributed by atoms with E-state index in [2.05, 4.69) is 76.8 Å². The van der Waals surface area contributed by atoms with E-state index < -0.39 is 5.97 Å². The maximum absolute atomic E-state index is 11.0. The van der Waals surface area contributed by atoms with E-state index in [1.54, 1.807) is 12.1 Å². The fourth-order valence-corrected chi connectivity index (χ4v) is 3.77. The van der Waals surface area contributed by atoms with Crippen molar-refractivity contribution in [1.82, 2.24) is 9.88 Å². The Morgan fingerprint density at radius 2 is 1.68 bits per heavy atom. The highest BCUT2D eigenvalue weighted by atomic mass is 16.4. The van der Waals surface area contributed by atoms with Crippen LogP contribution in [0.1, 0.15) is 27.0 Å². The number of nitrogens with one attached hydrogen (secondary N) is 1. The average Bonchev–Trinajstić information content (AvgIpc) is 3.21. The number of aromatic amines is 1. The van der Waals surface area contributed by atoms with Crippen LogP contribution in [0.15, 0.2) is 91.1 Å². The van der Waals surface area contributed by atoms with Crippen molar-refractivity contribution >= 4 is 22.9 Å². The van der Waals surface area contributed by atoms with Crippen LogP contribution in [-0.4, -0.2) is 34.0 Å². The number of para-hydroxylation sites is 1. The van der Waals surface area contributed by atoms with Gasteiger partial charge in [-0.1, -0.05) is 72.8 Å². The fraction of sp³-hybridized carbons (Fsp3) is 0.148. The molecular formula is C27H26N2O2. The molecular weight excluding hydrogens is 384 g/mol. The van der Waals surface area contributed by atoms with Crippen LogP contribution in [0.5, 0.6) is 0 Å². The van der Waals surface area contributed by atoms with Gasteiger partial charge in [0.05, 0.1) is 5.56 Å². The van der Waals surface area contributed by atoms with E-state index >= 15 is 0 Å². The molecule has 0 saturated carbocycles. The zero-order chi connectivity index (χ0) is 21.5. The van der Waals surface area contributed by atoms with Gasteiger partial charge in [-0.25, -0.2) is 4.79 Å². The van der Waals surface area contributed by atoms with E-state index in [-0.39, 0.29) is 0 Å². The number of hydrogen-bond acceptors (Lipinski definition) is 2. The minimum Gasteiger partial charge on any atom is -0.478 e. The smallest absolute Gasteiger partial charge is 0.335 e. The molecule has 4 nitrogen and oxygen atoms in total. The molecule has 1 heterocycles. The van der Waals surface area contributed by atoms with Gasteiger partial charge >= 0.3 is 5.97 Å². The number of fused-ring (bicyclic) bond motifs is 1. The second kappa shape index (κ2) is 9.92. The molecule has 0 fully saturated rings. The largest absolute Gasteiger partial charge is 0.478 e. The van der Waals surface area contributed by atoms with Gasteiger partial charge < -0.3 is 10.1 Å². The molecule has 0 amide bonds. The Kier molecular flexibility index (Phi) is 6.60. The lowest BCUT2D eigenvalue weighted by Crippen LogP contribution is -2.25. The maximum Gasteiger partial charge on any atom is 0.335 e. The number of aromatic carboxylic acids is 1. The number of nitrogens with zero attached hydrogens (tertiary/aromatic N) is 1. The number of hydrogen-bond donors (Lipinski definition) is 2. The first-order valence-corrected chi connectivity index (χ1v) is 10.5. The van der Waals surface area contributed by atoms with E-state index in [0.29, 0.717) is 5.56 Å². The highest BCUT2D eigenvalue weighted by Gasteiger charge is 2.08. The van der Waals surface area contributed by atoms with Crippen molar-refractivity contribution in [3.05, 3.63) is 113 Å². The molecule has 1 aromatic heterocycles. The van der Waals surface area contributed by atoms with Gasteiger partial charge in [-0.3, -0.25) is 4.90 Å². The molecule has 2 N–H and O–H groups in total. The van der Waals surface area contributed by atoms with Gasteiger partial charge in [-0.15, -0.1) is 0 Å². The van der Waals surface area contributed by atoms with Gasteiger partial charge in [0.2, 0.25) is 0 Å². The fourth-order valence-electron chi connectivity index (χ4n) is 3.77. The van der Waals surface area contributed by atoms with Gasteiger partial charge in [0.15, 0.2) is 0 Å². The van der Waals surface area contributed by atoms with Crippen LogP contribution in [-0.2, 0) is 13.0 Å². The highest BCUT2D eigenvalue weighted by Crippen LogP contribution is 2.19. The summed E-state index contributed by atoms with van der Waals surface area (Å²) in [5.41, 5.74) is 5.11. The molecule has 4 rings (SSSR count). The third-order valence-electron chi connectivity index (χ3n) is 5.45. The quantitative estimate of drug-likeness (QED) is 0.376. The first-order valence-electron chi connectivity index (χ1n) is 10.5. The van der Waals surface area contributed by atoms with Crippen LogP contribution in [0.25, 0.3) is 17.0 Å². The average molecular weight is 411 g/mol. The molecule has 0 atom stereocenters. The van der Waals surface area contributed by atoms with Gasteiger partial charge in [0.25, 0.3) is 0 Å². The zero-order valence-electron chi connectivity index (χ0n) is 17.4. The van der Waals surface area contributed by atoms with E-state index in [0.717, 1.165) is 31.6 Å². The number of benzene rings is 3. The molecule has 0 aliphatic carbocycles. The molecule has 0 spiro atoms. The third-order valence-corrected chi connectivity index (χ3v) is 5.45. The molecule has 0 aliphatic rings. The van der Waals surface area contributed by atoms with Crippen LogP contribution in [0.2, 0.25) is 0 Å². The van der Waals surface area contributed by atoms with E-state index in [1.807, 2.05) is 18.2 Å². The van der Waals surface area contributed by atoms with Crippen molar-refractivity contribution in [1.29, 1.82) is 0 Å². The Morgan fingerprint density at radius 1 is 0.935 bits per heavy atom. The highest BCUT2D eigenvalue weighted by molar-refractivity contribution is 5.87. The molecule has 4 aromatic rings. The Morgan fingerprint density at radius 3 is 2.45 bits per heavy atom. The molecule has 0 bridgehead atoms. The predicted octanol–water partition coefficient (Wildman–Crippen LogP) is 5.62. The van der Waals surface area contributed by atoms with Crippen molar-refractivity contribution in [2.24, 2.45) is 0 Å². The molecule has 0 aliphatic heterocycles. The summed E-state index contributed by atoms with van der Waals surface area (Å²) in [5.74, 6) is -0.901. The summed E-state index contributed by atoms with van der Waals surface area (Å²) in [4.78, 5) is 16.8. The van der Waals surface area contributed by atoms with Crippen LogP contribution >= 0.6 is 0 Å². The lowest BCUT2D eigenvalue weighted by atomic mass is 10.1. The van der Waals surface area contributed by atoms with E-state index in [4.69, 9.17) is 5.11 Å². The number of H-pyrrole nitrogens is 1. The molecule has 3 aromatic carbocycles. The van der Waals surface area contributed by atoms with E-state index in [1.165, 1.54) is 22.0 Å². The second-order valence-corrected chi connectivity index (χ2v) is 7.66. The Hall–Kier alpha value is -3.63. The first-order chi connectivity index (χ1) is 15.2. The third kappa shape index (κ3) is 5.50. The van der Waals surface area contributed by atoms with Crippen LogP contribution in [0.4, 0.5) is 0 Å². The SMILES string of the molecule is O=C(O)c1ccc(C=CCN(CCc2c[nH]c3ccccc23)Cc2ccccc2)cc1. The Labute approximate surface area is 182 Å². The Bertz CT molecular complexity index is 1160. The summed E-state index contributed by atoms with van der Waals surface area (Å²) < 4.78 is 0. The van der Waals surface area contributed by atoms with Crippen molar-refractivity contribution in [2.75, 3.05) is 13.1 Å². The van der Waals surface area contributed by atoms with Crippen molar-refractivity contribution in [3.63, 3.8) is 0 Å². The van der Waals surface area contributed by atoms with Crippen molar-refractivity contribution in [2.45, 2.75) is 13.0 Å². The minimum atomic E-state index is -0.901. The molecule has 0 unspecified atom stereocenters. The van der Waals surface area contributed by atoms with Gasteiger partial charge in [0.1, 0.15) is 0 Å². The second-order valence-electron chi connectivity index (χ2n) is 7.66. The number of rotatable bonds is 9. The minimum absolute atomic E-state index is 0.307. The molecule has 31 heavy (non-hydrogen) atoms. The standard InChI is InChI=1S/C27H26N2O2/c30-27(31)23-14-12-21(13-15-23)9-6-17-29(20-22-7-2-1-3-8-22)18-16-24-19-28-26-11-5-4-10-25(24)26/h1-15,19,28H,16-18,20H2,(H,30,31). The van der Waals surface area contributed by atoms with Gasteiger partial charge in [-0.05, 0) is 41.3 Å². The lowest BCUT2D eigenvalue weighted by Gasteiger charge is -2.21. The number of carboxylic acid groups (broad SMARTS) is 1. The van der Waals surface area contributed by atoms with Gasteiger partial charge in [-0.2, -0.15) is 0 Å². The monoisotopic (exact) mass is 410 g/mol. The normalized spacial score (nSPS) is 11.5. The van der Waals surface area contributed by atoms with Crippen molar-refractivity contribution in [3.8, 4) is 0 Å². The molecule has 0 saturated heterocycles. The maximum atomic E-state index is 11.0. The molecule has 0 radical (unpaired) electrons. The number of carboxylic acids is 1. The molecule has 4 heteroatoms. The van der Waals surface area contributed by atoms with Crippen LogP contribution < -0.4 is 0 Å². The predicted molar refractivity (Wildman–Crippen MR) is 126 cm³/mol. The van der Waals surface area contributed by atoms with Gasteiger partial charge in [0, 0.05) is 36.7 Å². The zero-order valence-corrected chi connectivity index (χ0v) is 17.4. The molecule has 156 valence electrons. The van der Waals surface area contributed by atoms with Crippen LogP contribution in [0.3, 0.4) is 0 Å². The summed E-state index contributed by atoms with van der Waals surface area (Å²) >= 11 is 0.